The predicted octanol–water partition coefficient (Wildman–Crippen LogP) is 1.19. The molecule has 102 valence electrons. The molecular weight excluding hydrogens is 286 g/mol. The van der Waals surface area contributed by atoms with Crippen LogP contribution in [0.3, 0.4) is 0 Å². The normalized spacial score (nSPS) is 20.4. The van der Waals surface area contributed by atoms with Crippen LogP contribution in [-0.4, -0.2) is 38.9 Å². The lowest BCUT2D eigenvalue weighted by Crippen LogP contribution is -2.33. The number of rotatable bonds is 3. The first kappa shape index (κ1) is 14.3. The maximum absolute atomic E-state index is 12.5. The maximum atomic E-state index is 12.5. The molecule has 0 radical (unpaired) electrons. The molecule has 1 aromatic rings. The van der Waals surface area contributed by atoms with Gasteiger partial charge in [0.05, 0.1) is 16.7 Å². The molecule has 19 heavy (non-hydrogen) atoms. The summed E-state index contributed by atoms with van der Waals surface area (Å²) in [7, 11) is -1.83. The van der Waals surface area contributed by atoms with Crippen molar-refractivity contribution >= 4 is 21.6 Å². The van der Waals surface area contributed by atoms with E-state index in [9.17, 15) is 8.42 Å². The zero-order chi connectivity index (χ0) is 14.0. The Morgan fingerprint density at radius 3 is 2.84 bits per heavy atom. The number of hydrogen-bond donors (Lipinski definition) is 1. The summed E-state index contributed by atoms with van der Waals surface area (Å²) in [4.78, 5) is 0.00460. The summed E-state index contributed by atoms with van der Waals surface area (Å²) in [6.07, 6.45) is 0.769. The first-order chi connectivity index (χ1) is 8.98. The van der Waals surface area contributed by atoms with E-state index < -0.39 is 10.0 Å². The zero-order valence-electron chi connectivity index (χ0n) is 10.4. The molecule has 2 rings (SSSR count). The summed E-state index contributed by atoms with van der Waals surface area (Å²) in [6, 6.07) is 6.35. The average Bonchev–Trinajstić information content (AvgIpc) is 2.88. The molecule has 0 aromatic heterocycles. The van der Waals surface area contributed by atoms with Crippen LogP contribution in [0.25, 0.3) is 0 Å². The van der Waals surface area contributed by atoms with Crippen LogP contribution in [-0.2, 0) is 10.0 Å². The summed E-state index contributed by atoms with van der Waals surface area (Å²) in [5, 5.41) is 12.1. The lowest BCUT2D eigenvalue weighted by molar-refractivity contribution is 0.464. The average molecular weight is 300 g/mol. The highest BCUT2D eigenvalue weighted by Crippen LogP contribution is 2.27. The lowest BCUT2D eigenvalue weighted by Gasteiger charge is -2.17. The second-order valence-corrected chi connectivity index (χ2v) is 6.71. The number of nitriles is 1. The number of nitrogens with zero attached hydrogens (tertiary/aromatic N) is 2. The highest BCUT2D eigenvalue weighted by Gasteiger charge is 2.33. The third-order valence-electron chi connectivity index (χ3n) is 3.24. The fourth-order valence-electron chi connectivity index (χ4n) is 2.09. The minimum Gasteiger partial charge on any atom is -0.316 e. The summed E-state index contributed by atoms with van der Waals surface area (Å²) >= 11 is 5.96. The van der Waals surface area contributed by atoms with E-state index >= 15 is 0 Å². The van der Waals surface area contributed by atoms with Gasteiger partial charge in [0.25, 0.3) is 0 Å². The molecule has 0 bridgehead atoms. The van der Waals surface area contributed by atoms with Crippen molar-refractivity contribution in [3.05, 3.63) is 28.8 Å². The van der Waals surface area contributed by atoms with Gasteiger partial charge >= 0.3 is 0 Å². The molecule has 1 saturated heterocycles. The van der Waals surface area contributed by atoms with Crippen molar-refractivity contribution in [1.82, 2.24) is 9.62 Å². The van der Waals surface area contributed by atoms with E-state index in [2.05, 4.69) is 5.32 Å². The molecule has 1 aliphatic heterocycles. The summed E-state index contributed by atoms with van der Waals surface area (Å²) in [6.45, 7) is 0.882. The van der Waals surface area contributed by atoms with Crippen molar-refractivity contribution in [2.24, 2.45) is 0 Å². The first-order valence-corrected chi connectivity index (χ1v) is 7.68. The number of benzene rings is 1. The Balaban J connectivity index is 2.38. The van der Waals surface area contributed by atoms with Crippen molar-refractivity contribution in [3.63, 3.8) is 0 Å². The van der Waals surface area contributed by atoms with Gasteiger partial charge in [-0.25, -0.2) is 8.42 Å². The van der Waals surface area contributed by atoms with E-state index in [4.69, 9.17) is 16.9 Å². The molecule has 0 spiro atoms. The first-order valence-electron chi connectivity index (χ1n) is 5.86. The van der Waals surface area contributed by atoms with Crippen LogP contribution in [0.15, 0.2) is 23.1 Å². The van der Waals surface area contributed by atoms with Gasteiger partial charge in [0.2, 0.25) is 10.0 Å². The summed E-state index contributed by atoms with van der Waals surface area (Å²) in [5.74, 6) is 0. The Kier molecular flexibility index (Phi) is 4.11. The highest BCUT2D eigenvalue weighted by molar-refractivity contribution is 7.89. The third kappa shape index (κ3) is 2.74. The molecule has 1 atom stereocenters. The van der Waals surface area contributed by atoms with E-state index in [-0.39, 0.29) is 21.5 Å². The van der Waals surface area contributed by atoms with Gasteiger partial charge in [0.1, 0.15) is 4.90 Å². The van der Waals surface area contributed by atoms with Gasteiger partial charge < -0.3 is 5.32 Å². The van der Waals surface area contributed by atoms with Gasteiger partial charge in [-0.15, -0.1) is 0 Å². The Morgan fingerprint density at radius 2 is 2.26 bits per heavy atom. The molecule has 1 N–H and O–H groups in total. The topological polar surface area (TPSA) is 73.2 Å². The molecule has 1 heterocycles. The van der Waals surface area contributed by atoms with Crippen LogP contribution in [0.1, 0.15) is 12.0 Å². The maximum Gasteiger partial charge on any atom is 0.244 e. The molecular formula is C12H14ClN3O2S. The van der Waals surface area contributed by atoms with Gasteiger partial charge in [-0.3, -0.25) is 0 Å². The summed E-state index contributed by atoms with van der Waals surface area (Å²) in [5.41, 5.74) is 0.285. The van der Waals surface area contributed by atoms with E-state index in [0.717, 1.165) is 6.42 Å². The van der Waals surface area contributed by atoms with Crippen molar-refractivity contribution in [3.8, 4) is 6.07 Å². The van der Waals surface area contributed by atoms with Crippen molar-refractivity contribution in [2.75, 3.05) is 20.1 Å². The van der Waals surface area contributed by atoms with Crippen LogP contribution in [0.2, 0.25) is 5.02 Å². The third-order valence-corrected chi connectivity index (χ3v) is 5.58. The number of sulfonamides is 1. The Hall–Kier alpha value is -1.13. The van der Waals surface area contributed by atoms with E-state index in [1.165, 1.54) is 22.5 Å². The Labute approximate surface area is 117 Å². The molecule has 1 aliphatic rings. The Bertz CT molecular complexity index is 624. The number of halogens is 1. The van der Waals surface area contributed by atoms with E-state index in [1.54, 1.807) is 0 Å². The fourth-order valence-corrected chi connectivity index (χ4v) is 4.09. The number of nitrogens with one attached hydrogen (secondary N) is 1. The molecule has 1 fully saturated rings. The van der Waals surface area contributed by atoms with Gasteiger partial charge in [-0.1, -0.05) is 11.6 Å². The number of likely N-dealkylation sites (N-methyl/N-ethyl adjacent to an activating group) is 1. The largest absolute Gasteiger partial charge is 0.316 e. The molecule has 1 unspecified atom stereocenters. The number of hydrogen-bond acceptors (Lipinski definition) is 4. The van der Waals surface area contributed by atoms with Crippen molar-refractivity contribution in [2.45, 2.75) is 17.4 Å². The van der Waals surface area contributed by atoms with Gasteiger partial charge in [-0.2, -0.15) is 9.57 Å². The quantitative estimate of drug-likeness (QED) is 0.910. The van der Waals surface area contributed by atoms with Gasteiger partial charge in [0.15, 0.2) is 0 Å². The Morgan fingerprint density at radius 1 is 1.53 bits per heavy atom. The van der Waals surface area contributed by atoms with E-state index in [0.29, 0.717) is 13.1 Å². The van der Waals surface area contributed by atoms with Crippen molar-refractivity contribution < 1.29 is 8.42 Å². The zero-order valence-corrected chi connectivity index (χ0v) is 12.0. The smallest absolute Gasteiger partial charge is 0.244 e. The second-order valence-electron chi connectivity index (χ2n) is 4.39. The highest BCUT2D eigenvalue weighted by atomic mass is 35.5. The monoisotopic (exact) mass is 299 g/mol. The van der Waals surface area contributed by atoms with Crippen LogP contribution < -0.4 is 5.32 Å². The van der Waals surface area contributed by atoms with E-state index in [1.807, 2.05) is 13.1 Å². The standard InChI is InChI=1S/C12H14ClN3O2S/c1-15-10-4-5-16(8-10)19(17,18)12-6-9(7-14)2-3-11(12)13/h2-3,6,10,15H,4-5,8H2,1H3. The molecule has 0 aliphatic carbocycles. The fraction of sp³-hybridized carbons (Fsp3) is 0.417. The molecule has 0 amide bonds. The van der Waals surface area contributed by atoms with Gasteiger partial charge in [0, 0.05) is 19.1 Å². The molecule has 0 saturated carbocycles. The summed E-state index contributed by atoms with van der Waals surface area (Å²) < 4.78 is 26.4. The SMILES string of the molecule is CNC1CCN(S(=O)(=O)c2cc(C#N)ccc2Cl)C1. The van der Waals surface area contributed by atoms with Crippen LogP contribution in [0.4, 0.5) is 0 Å². The lowest BCUT2D eigenvalue weighted by atomic mass is 10.2. The molecule has 7 heteroatoms. The predicted molar refractivity (Wildman–Crippen MR) is 72.4 cm³/mol. The van der Waals surface area contributed by atoms with Crippen LogP contribution in [0.5, 0.6) is 0 Å². The van der Waals surface area contributed by atoms with Crippen LogP contribution >= 0.6 is 11.6 Å². The van der Waals surface area contributed by atoms with Crippen molar-refractivity contribution in [1.29, 1.82) is 5.26 Å². The minimum absolute atomic E-state index is 0.00460. The second kappa shape index (κ2) is 5.47. The molecule has 1 aromatic carbocycles. The van der Waals surface area contributed by atoms with Crippen LogP contribution in [0, 0.1) is 11.3 Å². The molecule has 5 nitrogen and oxygen atoms in total. The van der Waals surface area contributed by atoms with Gasteiger partial charge in [-0.05, 0) is 31.7 Å². The minimum atomic E-state index is -3.63.